The molecule has 124 valence electrons. The number of amides is 1. The van der Waals surface area contributed by atoms with E-state index in [9.17, 15) is 13.2 Å². The first-order valence-electron chi connectivity index (χ1n) is 6.90. The Balaban J connectivity index is 1.86. The van der Waals surface area contributed by atoms with E-state index < -0.39 is 10.0 Å². The highest BCUT2D eigenvalue weighted by Gasteiger charge is 2.18. The van der Waals surface area contributed by atoms with Crippen LogP contribution in [0.4, 0.5) is 0 Å². The predicted octanol–water partition coefficient (Wildman–Crippen LogP) is 2.73. The molecule has 2 aromatic rings. The van der Waals surface area contributed by atoms with E-state index in [2.05, 4.69) is 4.72 Å². The Hall–Kier alpha value is -1.41. The molecule has 23 heavy (non-hydrogen) atoms. The van der Waals surface area contributed by atoms with Crippen molar-refractivity contribution in [2.75, 3.05) is 13.6 Å². The van der Waals surface area contributed by atoms with Gasteiger partial charge in [0.25, 0.3) is 0 Å². The first kappa shape index (κ1) is 17.9. The summed E-state index contributed by atoms with van der Waals surface area (Å²) >= 11 is 7.46. The van der Waals surface area contributed by atoms with Crippen LogP contribution in [0.5, 0.6) is 0 Å². The number of carbonyl (C=O) groups excluding carboxylic acids is 1. The van der Waals surface area contributed by atoms with Crippen molar-refractivity contribution in [3.05, 3.63) is 51.7 Å². The molecular formula is C15H17ClN2O3S2. The van der Waals surface area contributed by atoms with E-state index in [0.29, 0.717) is 6.54 Å². The van der Waals surface area contributed by atoms with Crippen LogP contribution >= 0.6 is 22.9 Å². The fraction of sp³-hybridized carbons (Fsp3) is 0.267. The van der Waals surface area contributed by atoms with Crippen LogP contribution in [-0.2, 0) is 21.4 Å². The van der Waals surface area contributed by atoms with Crippen LogP contribution in [0.2, 0.25) is 5.02 Å². The molecular weight excluding hydrogens is 356 g/mol. The molecule has 5 nitrogen and oxygen atoms in total. The summed E-state index contributed by atoms with van der Waals surface area (Å²) in [6.07, 6.45) is 0.0888. The molecule has 1 N–H and O–H groups in total. The van der Waals surface area contributed by atoms with Gasteiger partial charge in [0, 0.05) is 24.9 Å². The lowest BCUT2D eigenvalue weighted by molar-refractivity contribution is -0.130. The molecule has 8 heteroatoms. The summed E-state index contributed by atoms with van der Waals surface area (Å²) < 4.78 is 26.7. The van der Waals surface area contributed by atoms with Crippen molar-refractivity contribution in [2.45, 2.75) is 17.9 Å². The van der Waals surface area contributed by atoms with Gasteiger partial charge in [-0.15, -0.1) is 11.3 Å². The Kier molecular flexibility index (Phi) is 6.17. The molecule has 0 unspecified atom stereocenters. The van der Waals surface area contributed by atoms with Crippen LogP contribution in [-0.4, -0.2) is 32.8 Å². The molecule has 1 heterocycles. The number of hydrogen-bond acceptors (Lipinski definition) is 4. The molecule has 0 aliphatic heterocycles. The van der Waals surface area contributed by atoms with Gasteiger partial charge in [-0.1, -0.05) is 29.8 Å². The number of rotatable bonds is 7. The number of sulfonamides is 1. The lowest BCUT2D eigenvalue weighted by atomic mass is 10.3. The van der Waals surface area contributed by atoms with Crippen molar-refractivity contribution in [1.29, 1.82) is 0 Å². The third kappa shape index (κ3) is 5.04. The van der Waals surface area contributed by atoms with Crippen LogP contribution < -0.4 is 4.72 Å². The molecule has 1 aromatic heterocycles. The van der Waals surface area contributed by atoms with Crippen molar-refractivity contribution in [3.8, 4) is 0 Å². The molecule has 0 aliphatic rings. The number of thiophene rings is 1. The van der Waals surface area contributed by atoms with E-state index in [0.717, 1.165) is 4.88 Å². The number of halogens is 1. The fourth-order valence-corrected chi connectivity index (χ4v) is 4.25. The fourth-order valence-electron chi connectivity index (χ4n) is 1.95. The van der Waals surface area contributed by atoms with Gasteiger partial charge in [0.2, 0.25) is 15.9 Å². The van der Waals surface area contributed by atoms with Gasteiger partial charge >= 0.3 is 0 Å². The van der Waals surface area contributed by atoms with Crippen LogP contribution in [0, 0.1) is 0 Å². The Labute approximate surface area is 144 Å². The van der Waals surface area contributed by atoms with Gasteiger partial charge < -0.3 is 4.90 Å². The number of nitrogens with zero attached hydrogens (tertiary/aromatic N) is 1. The maximum atomic E-state index is 12.1. The van der Waals surface area contributed by atoms with Crippen molar-refractivity contribution in [3.63, 3.8) is 0 Å². The van der Waals surface area contributed by atoms with Crippen molar-refractivity contribution in [1.82, 2.24) is 9.62 Å². The van der Waals surface area contributed by atoms with Gasteiger partial charge in [0.05, 0.1) is 11.6 Å². The number of carbonyl (C=O) groups is 1. The highest BCUT2D eigenvalue weighted by atomic mass is 35.5. The van der Waals surface area contributed by atoms with E-state index in [1.54, 1.807) is 35.4 Å². The summed E-state index contributed by atoms with van der Waals surface area (Å²) in [5.41, 5.74) is 0. The smallest absolute Gasteiger partial charge is 0.242 e. The van der Waals surface area contributed by atoms with Gasteiger partial charge in [-0.05, 0) is 23.6 Å². The van der Waals surface area contributed by atoms with Crippen molar-refractivity contribution in [2.24, 2.45) is 0 Å². The Bertz CT molecular complexity index is 761. The summed E-state index contributed by atoms with van der Waals surface area (Å²) in [6.45, 7) is 0.551. The van der Waals surface area contributed by atoms with Crippen LogP contribution in [0.1, 0.15) is 11.3 Å². The molecule has 0 saturated carbocycles. The van der Waals surface area contributed by atoms with Crippen LogP contribution in [0.3, 0.4) is 0 Å². The zero-order valence-electron chi connectivity index (χ0n) is 12.5. The molecule has 0 bridgehead atoms. The maximum Gasteiger partial charge on any atom is 0.242 e. The normalized spacial score (nSPS) is 11.4. The molecule has 0 spiro atoms. The lowest BCUT2D eigenvalue weighted by Gasteiger charge is -2.16. The monoisotopic (exact) mass is 372 g/mol. The first-order chi connectivity index (χ1) is 10.9. The zero-order valence-corrected chi connectivity index (χ0v) is 14.9. The quantitative estimate of drug-likeness (QED) is 0.812. The summed E-state index contributed by atoms with van der Waals surface area (Å²) in [6, 6.07) is 10.1. The maximum absolute atomic E-state index is 12.1. The molecule has 0 radical (unpaired) electrons. The summed E-state index contributed by atoms with van der Waals surface area (Å²) in [5, 5.41) is 2.10. The number of hydrogen-bond donors (Lipinski definition) is 1. The SMILES string of the molecule is CN(Cc1cccs1)C(=O)CCNS(=O)(=O)c1ccccc1Cl. The number of benzene rings is 1. The van der Waals surface area contributed by atoms with Crippen molar-refractivity contribution >= 4 is 38.9 Å². The number of nitrogens with one attached hydrogen (secondary N) is 1. The van der Waals surface area contributed by atoms with Gasteiger partial charge in [0.1, 0.15) is 4.90 Å². The highest BCUT2D eigenvalue weighted by molar-refractivity contribution is 7.89. The average molecular weight is 373 g/mol. The standard InChI is InChI=1S/C15H17ClN2O3S2/c1-18(11-12-5-4-10-22-12)15(19)8-9-17-23(20,21)14-7-3-2-6-13(14)16/h2-7,10,17H,8-9,11H2,1H3. The molecule has 2 rings (SSSR count). The molecule has 1 aromatic carbocycles. The second kappa shape index (κ2) is 7.92. The summed E-state index contributed by atoms with van der Waals surface area (Å²) in [4.78, 5) is 14.7. The lowest BCUT2D eigenvalue weighted by Crippen LogP contribution is -2.31. The molecule has 0 aliphatic carbocycles. The summed E-state index contributed by atoms with van der Waals surface area (Å²) in [5.74, 6) is -0.125. The topological polar surface area (TPSA) is 66.5 Å². The Morgan fingerprint density at radius 1 is 1.26 bits per heavy atom. The molecule has 1 amide bonds. The Morgan fingerprint density at radius 2 is 2.00 bits per heavy atom. The average Bonchev–Trinajstić information content (AvgIpc) is 3.00. The minimum atomic E-state index is -3.71. The minimum Gasteiger partial charge on any atom is -0.341 e. The summed E-state index contributed by atoms with van der Waals surface area (Å²) in [7, 11) is -2.01. The third-order valence-corrected chi connectivity index (χ3v) is 5.98. The second-order valence-corrected chi connectivity index (χ2v) is 8.08. The van der Waals surface area contributed by atoms with Crippen LogP contribution in [0.15, 0.2) is 46.7 Å². The minimum absolute atomic E-state index is 0.0149. The van der Waals surface area contributed by atoms with E-state index in [4.69, 9.17) is 11.6 Å². The van der Waals surface area contributed by atoms with Gasteiger partial charge in [0.15, 0.2) is 0 Å². The van der Waals surface area contributed by atoms with Gasteiger partial charge in [-0.2, -0.15) is 0 Å². The third-order valence-electron chi connectivity index (χ3n) is 3.16. The van der Waals surface area contributed by atoms with E-state index in [1.165, 1.54) is 12.1 Å². The van der Waals surface area contributed by atoms with E-state index in [1.807, 2.05) is 17.5 Å². The van der Waals surface area contributed by atoms with E-state index >= 15 is 0 Å². The Morgan fingerprint density at radius 3 is 2.65 bits per heavy atom. The highest BCUT2D eigenvalue weighted by Crippen LogP contribution is 2.20. The molecule has 0 fully saturated rings. The van der Waals surface area contributed by atoms with Gasteiger partial charge in [-0.3, -0.25) is 4.79 Å². The van der Waals surface area contributed by atoms with Crippen molar-refractivity contribution < 1.29 is 13.2 Å². The largest absolute Gasteiger partial charge is 0.341 e. The molecule has 0 saturated heterocycles. The first-order valence-corrected chi connectivity index (χ1v) is 9.65. The van der Waals surface area contributed by atoms with Crippen LogP contribution in [0.25, 0.3) is 0 Å². The van der Waals surface area contributed by atoms with E-state index in [-0.39, 0.29) is 28.8 Å². The zero-order chi connectivity index (χ0) is 16.9. The molecule has 0 atom stereocenters. The predicted molar refractivity (Wildman–Crippen MR) is 92.1 cm³/mol. The van der Waals surface area contributed by atoms with Gasteiger partial charge in [-0.25, -0.2) is 13.1 Å². The second-order valence-electron chi connectivity index (χ2n) is 4.91.